The predicted molar refractivity (Wildman–Crippen MR) is 25.2 cm³/mol. The van der Waals surface area contributed by atoms with E-state index in [0.717, 1.165) is 0 Å². The van der Waals surface area contributed by atoms with Crippen molar-refractivity contribution in [3.05, 3.63) is 12.3 Å². The first kappa shape index (κ1) is 4.39. The number of nitrogens with zero attached hydrogens (tertiary/aromatic N) is 3. The highest BCUT2D eigenvalue weighted by molar-refractivity contribution is 6.30. The van der Waals surface area contributed by atoms with Gasteiger partial charge >= 0.3 is 0 Å². The molecule has 0 saturated heterocycles. The lowest BCUT2D eigenvalue weighted by molar-refractivity contribution is 0.882. The van der Waals surface area contributed by atoms with Crippen LogP contribution in [0.1, 0.15) is 0 Å². The molecular formula is C3H2N3Si. The van der Waals surface area contributed by atoms with Crippen molar-refractivity contribution in [2.75, 3.05) is 0 Å². The zero-order valence-electron chi connectivity index (χ0n) is 3.50. The molecular weight excluding hydrogens is 106 g/mol. The zero-order valence-corrected chi connectivity index (χ0v) is 4.50. The van der Waals surface area contributed by atoms with E-state index in [-0.39, 0.29) is 0 Å². The van der Waals surface area contributed by atoms with Crippen LogP contribution in [0.4, 0.5) is 0 Å². The zero-order chi connectivity index (χ0) is 5.11. The van der Waals surface area contributed by atoms with Crippen molar-refractivity contribution < 1.29 is 0 Å². The van der Waals surface area contributed by atoms with Crippen LogP contribution in [-0.2, 0) is 0 Å². The van der Waals surface area contributed by atoms with Gasteiger partial charge in [0.05, 0.1) is 6.20 Å². The van der Waals surface area contributed by atoms with E-state index in [9.17, 15) is 0 Å². The Kier molecular flexibility index (Phi) is 1.12. The van der Waals surface area contributed by atoms with E-state index in [1.165, 1.54) is 0 Å². The van der Waals surface area contributed by atoms with Gasteiger partial charge in [0.2, 0.25) is 0 Å². The minimum Gasteiger partial charge on any atom is -0.141 e. The average Bonchev–Trinajstić information content (AvgIpc) is 1.69. The second-order valence-corrected chi connectivity index (χ2v) is 1.52. The molecule has 1 aromatic heterocycles. The lowest BCUT2D eigenvalue weighted by atomic mass is 10.7. The fourth-order valence-corrected chi connectivity index (χ4v) is 0.360. The van der Waals surface area contributed by atoms with Crippen LogP contribution in [0.15, 0.2) is 12.3 Å². The van der Waals surface area contributed by atoms with E-state index in [1.807, 2.05) is 0 Å². The molecule has 3 radical (unpaired) electrons. The fourth-order valence-electron chi connectivity index (χ4n) is 0.241. The second kappa shape index (κ2) is 1.79. The molecule has 0 atom stereocenters. The number of hydrogen-bond donors (Lipinski definition) is 0. The summed E-state index contributed by atoms with van der Waals surface area (Å²) in [5, 5.41) is 11.0. The van der Waals surface area contributed by atoms with Gasteiger partial charge in [-0.05, 0) is 11.3 Å². The second-order valence-electron chi connectivity index (χ2n) is 1.01. The van der Waals surface area contributed by atoms with Gasteiger partial charge in [-0.25, -0.2) is 0 Å². The molecule has 0 aliphatic rings. The molecule has 1 rings (SSSR count). The fraction of sp³-hybridized carbons (Fsp3) is 0. The maximum absolute atomic E-state index is 3.53. The highest BCUT2D eigenvalue weighted by Crippen LogP contribution is 1.58. The van der Waals surface area contributed by atoms with Gasteiger partial charge in [-0.2, -0.15) is 0 Å². The Morgan fingerprint density at radius 1 is 1.57 bits per heavy atom. The highest BCUT2D eigenvalue weighted by atomic mass is 28.1. The van der Waals surface area contributed by atoms with Crippen molar-refractivity contribution >= 4 is 15.6 Å². The molecule has 0 bridgehead atoms. The molecule has 33 valence electrons. The van der Waals surface area contributed by atoms with E-state index in [1.54, 1.807) is 12.3 Å². The van der Waals surface area contributed by atoms with Gasteiger partial charge in [-0.3, -0.25) is 0 Å². The molecule has 0 unspecified atom stereocenters. The molecule has 0 N–H and O–H groups in total. The van der Waals surface area contributed by atoms with Crippen LogP contribution in [0.25, 0.3) is 0 Å². The van der Waals surface area contributed by atoms with Gasteiger partial charge in [0, 0.05) is 5.32 Å². The van der Waals surface area contributed by atoms with Gasteiger partial charge in [0.15, 0.2) is 0 Å². The van der Waals surface area contributed by atoms with Crippen LogP contribution in [0.2, 0.25) is 0 Å². The molecule has 0 spiro atoms. The van der Waals surface area contributed by atoms with Crippen molar-refractivity contribution in [3.63, 3.8) is 0 Å². The van der Waals surface area contributed by atoms with Crippen LogP contribution in [0, 0.1) is 0 Å². The summed E-state index contributed by atoms with van der Waals surface area (Å²) in [5.74, 6) is 0. The molecule has 1 heterocycles. The minimum atomic E-state index is 0.704. The third-order valence-electron chi connectivity index (χ3n) is 0.503. The van der Waals surface area contributed by atoms with Gasteiger partial charge in [0.1, 0.15) is 10.2 Å². The summed E-state index contributed by atoms with van der Waals surface area (Å²) in [7, 11) is 3.14. The van der Waals surface area contributed by atoms with Crippen molar-refractivity contribution in [1.29, 1.82) is 0 Å². The van der Waals surface area contributed by atoms with Gasteiger partial charge < -0.3 is 0 Å². The Balaban J connectivity index is 3.02. The largest absolute Gasteiger partial charge is 0.141 e. The summed E-state index contributed by atoms with van der Waals surface area (Å²) >= 11 is 0. The molecule has 0 saturated carbocycles. The Morgan fingerprint density at radius 2 is 2.43 bits per heavy atom. The summed E-state index contributed by atoms with van der Waals surface area (Å²) < 4.78 is 0. The Hall–Kier alpha value is -0.773. The SMILES string of the molecule is [Si]c1ccnnn1. The maximum Gasteiger partial charge on any atom is 0.102 e. The Bertz CT molecular complexity index is 140. The summed E-state index contributed by atoms with van der Waals surface area (Å²) in [5.41, 5.74) is 0. The molecule has 0 amide bonds. The first-order chi connectivity index (χ1) is 3.39. The number of aromatic nitrogens is 3. The minimum absolute atomic E-state index is 0.704. The molecule has 4 heteroatoms. The monoisotopic (exact) mass is 108 g/mol. The first-order valence-corrected chi connectivity index (χ1v) is 2.25. The standard InChI is InChI=1S/C3H2N3Si/c7-3-1-2-4-6-5-3/h1-2H. The van der Waals surface area contributed by atoms with Crippen LogP contribution < -0.4 is 5.32 Å². The highest BCUT2D eigenvalue weighted by Gasteiger charge is 1.76. The van der Waals surface area contributed by atoms with E-state index in [4.69, 9.17) is 0 Å². The first-order valence-electron chi connectivity index (χ1n) is 1.75. The van der Waals surface area contributed by atoms with E-state index in [2.05, 4.69) is 25.7 Å². The molecule has 0 fully saturated rings. The summed E-state index contributed by atoms with van der Waals surface area (Å²) in [4.78, 5) is 0. The molecule has 3 nitrogen and oxygen atoms in total. The van der Waals surface area contributed by atoms with Gasteiger partial charge in [-0.1, -0.05) is 0 Å². The average molecular weight is 108 g/mol. The van der Waals surface area contributed by atoms with E-state index >= 15 is 0 Å². The van der Waals surface area contributed by atoms with Crippen molar-refractivity contribution in [3.8, 4) is 0 Å². The van der Waals surface area contributed by atoms with Gasteiger partial charge in [-0.15, -0.1) is 10.2 Å². The summed E-state index contributed by atoms with van der Waals surface area (Å²) in [6.45, 7) is 0. The number of hydrogen-bond acceptors (Lipinski definition) is 3. The van der Waals surface area contributed by atoms with Crippen molar-refractivity contribution in [2.24, 2.45) is 0 Å². The van der Waals surface area contributed by atoms with E-state index in [0.29, 0.717) is 5.32 Å². The van der Waals surface area contributed by atoms with Crippen LogP contribution in [-0.4, -0.2) is 25.7 Å². The van der Waals surface area contributed by atoms with E-state index < -0.39 is 0 Å². The normalized spacial score (nSPS) is 8.71. The van der Waals surface area contributed by atoms with Crippen molar-refractivity contribution in [1.82, 2.24) is 15.4 Å². The predicted octanol–water partition coefficient (Wildman–Crippen LogP) is -1.33. The lowest BCUT2D eigenvalue weighted by Gasteiger charge is -1.79. The lowest BCUT2D eigenvalue weighted by Crippen LogP contribution is -2.08. The molecule has 0 aromatic carbocycles. The Morgan fingerprint density at radius 3 is 2.71 bits per heavy atom. The molecule has 7 heavy (non-hydrogen) atoms. The van der Waals surface area contributed by atoms with Crippen LogP contribution in [0.5, 0.6) is 0 Å². The number of rotatable bonds is 0. The third-order valence-corrected chi connectivity index (χ3v) is 0.770. The topological polar surface area (TPSA) is 38.7 Å². The van der Waals surface area contributed by atoms with Crippen LogP contribution >= 0.6 is 0 Å². The third kappa shape index (κ3) is 1.04. The smallest absolute Gasteiger partial charge is 0.102 e. The van der Waals surface area contributed by atoms with Crippen molar-refractivity contribution in [2.45, 2.75) is 0 Å². The quantitative estimate of drug-likeness (QED) is 0.386. The Labute approximate surface area is 44.2 Å². The summed E-state index contributed by atoms with van der Waals surface area (Å²) in [6.07, 6.45) is 1.56. The molecule has 0 aliphatic carbocycles. The summed E-state index contributed by atoms with van der Waals surface area (Å²) in [6, 6.07) is 1.71. The molecule has 0 aliphatic heterocycles. The van der Waals surface area contributed by atoms with Crippen LogP contribution in [0.3, 0.4) is 0 Å². The maximum atomic E-state index is 3.53. The molecule has 1 aromatic rings. The van der Waals surface area contributed by atoms with Gasteiger partial charge in [0.25, 0.3) is 0 Å².